The molecule has 100 valence electrons. The highest BCUT2D eigenvalue weighted by Gasteiger charge is 2.31. The number of benzene rings is 1. The molecule has 1 saturated carbocycles. The van der Waals surface area contributed by atoms with Crippen LogP contribution in [0.25, 0.3) is 0 Å². The molecule has 18 heavy (non-hydrogen) atoms. The van der Waals surface area contributed by atoms with Crippen LogP contribution in [0, 0.1) is 25.2 Å². The summed E-state index contributed by atoms with van der Waals surface area (Å²) >= 11 is 0. The Morgan fingerprint density at radius 3 is 2.56 bits per heavy atom. The predicted octanol–water partition coefficient (Wildman–Crippen LogP) is 4.93. The first-order valence-corrected chi connectivity index (χ1v) is 7.20. The van der Waals surface area contributed by atoms with Crippen molar-refractivity contribution in [3.8, 4) is 0 Å². The third kappa shape index (κ3) is 3.07. The molecule has 2 unspecified atom stereocenters. The third-order valence-corrected chi connectivity index (χ3v) is 4.35. The molecule has 1 aromatic rings. The number of aryl methyl sites for hydroxylation is 1. The zero-order chi connectivity index (χ0) is 13.3. The van der Waals surface area contributed by atoms with E-state index in [0.717, 1.165) is 5.92 Å². The molecule has 1 fully saturated rings. The minimum atomic E-state index is 0.479. The summed E-state index contributed by atoms with van der Waals surface area (Å²) in [5, 5.41) is 3.78. The summed E-state index contributed by atoms with van der Waals surface area (Å²) in [6.07, 6.45) is 3.94. The van der Waals surface area contributed by atoms with Gasteiger partial charge in [-0.05, 0) is 61.6 Å². The molecule has 1 N–H and O–H groups in total. The van der Waals surface area contributed by atoms with Crippen LogP contribution in [0.5, 0.6) is 0 Å². The molecular formula is C17H27N. The topological polar surface area (TPSA) is 12.0 Å². The molecule has 1 aliphatic carbocycles. The highest BCUT2D eigenvalue weighted by Crippen LogP contribution is 2.39. The lowest BCUT2D eigenvalue weighted by molar-refractivity contribution is 0.178. The van der Waals surface area contributed by atoms with Gasteiger partial charge in [-0.25, -0.2) is 0 Å². The van der Waals surface area contributed by atoms with Crippen molar-refractivity contribution >= 4 is 5.69 Å². The highest BCUT2D eigenvalue weighted by atomic mass is 14.9. The fourth-order valence-corrected chi connectivity index (χ4v) is 3.58. The molecular weight excluding hydrogens is 218 g/mol. The van der Waals surface area contributed by atoms with E-state index in [0.29, 0.717) is 11.5 Å². The maximum absolute atomic E-state index is 3.78. The van der Waals surface area contributed by atoms with Crippen LogP contribution >= 0.6 is 0 Å². The summed E-state index contributed by atoms with van der Waals surface area (Å²) < 4.78 is 0. The van der Waals surface area contributed by atoms with Crippen molar-refractivity contribution in [2.24, 2.45) is 11.3 Å². The van der Waals surface area contributed by atoms with Crippen molar-refractivity contribution in [1.29, 1.82) is 0 Å². The van der Waals surface area contributed by atoms with Crippen LogP contribution in [0.2, 0.25) is 0 Å². The molecule has 2 atom stereocenters. The zero-order valence-corrected chi connectivity index (χ0v) is 12.5. The first-order valence-electron chi connectivity index (χ1n) is 7.20. The van der Waals surface area contributed by atoms with Gasteiger partial charge in [0.2, 0.25) is 0 Å². The Bertz CT molecular complexity index is 420. The maximum atomic E-state index is 3.78. The fraction of sp³-hybridized carbons (Fsp3) is 0.647. The zero-order valence-electron chi connectivity index (χ0n) is 12.5. The standard InChI is InChI=1S/C17H27N/c1-12-9-15(11-17(4,5)10-12)18-16-8-6-7-13(2)14(16)3/h6-8,12,15,18H,9-11H2,1-5H3. The Morgan fingerprint density at radius 2 is 1.89 bits per heavy atom. The van der Waals surface area contributed by atoms with Gasteiger partial charge in [0.1, 0.15) is 0 Å². The number of anilines is 1. The number of hydrogen-bond donors (Lipinski definition) is 1. The molecule has 0 radical (unpaired) electrons. The Morgan fingerprint density at radius 1 is 1.17 bits per heavy atom. The Labute approximate surface area is 112 Å². The minimum Gasteiger partial charge on any atom is -0.382 e. The number of hydrogen-bond acceptors (Lipinski definition) is 1. The second kappa shape index (κ2) is 4.95. The third-order valence-electron chi connectivity index (χ3n) is 4.35. The van der Waals surface area contributed by atoms with Gasteiger partial charge >= 0.3 is 0 Å². The van der Waals surface area contributed by atoms with E-state index >= 15 is 0 Å². The molecule has 1 aliphatic rings. The predicted molar refractivity (Wildman–Crippen MR) is 80.1 cm³/mol. The summed E-state index contributed by atoms with van der Waals surface area (Å²) in [5.74, 6) is 0.830. The average Bonchev–Trinajstić information content (AvgIpc) is 2.22. The SMILES string of the molecule is Cc1cccc(NC2CC(C)CC(C)(C)C2)c1C. The van der Waals surface area contributed by atoms with Crippen molar-refractivity contribution in [2.75, 3.05) is 5.32 Å². The molecule has 0 saturated heterocycles. The average molecular weight is 245 g/mol. The summed E-state index contributed by atoms with van der Waals surface area (Å²) in [7, 11) is 0. The molecule has 0 amide bonds. The van der Waals surface area contributed by atoms with Crippen molar-refractivity contribution in [3.63, 3.8) is 0 Å². The summed E-state index contributed by atoms with van der Waals surface area (Å²) in [5.41, 5.74) is 4.58. The van der Waals surface area contributed by atoms with Crippen LogP contribution in [0.1, 0.15) is 51.2 Å². The van der Waals surface area contributed by atoms with Gasteiger partial charge < -0.3 is 5.32 Å². The van der Waals surface area contributed by atoms with Crippen LogP contribution in [0.4, 0.5) is 5.69 Å². The van der Waals surface area contributed by atoms with E-state index in [2.05, 4.69) is 58.1 Å². The quantitative estimate of drug-likeness (QED) is 0.779. The van der Waals surface area contributed by atoms with Gasteiger partial charge in [-0.15, -0.1) is 0 Å². The second-order valence-corrected chi connectivity index (χ2v) is 7.00. The Kier molecular flexibility index (Phi) is 3.70. The first kappa shape index (κ1) is 13.5. The molecule has 1 heteroatoms. The summed E-state index contributed by atoms with van der Waals surface area (Å²) in [6.45, 7) is 11.6. The van der Waals surface area contributed by atoms with E-state index in [4.69, 9.17) is 0 Å². The van der Waals surface area contributed by atoms with E-state index in [-0.39, 0.29) is 0 Å². The lowest BCUT2D eigenvalue weighted by atomic mass is 9.70. The Balaban J connectivity index is 2.11. The van der Waals surface area contributed by atoms with Crippen molar-refractivity contribution in [2.45, 2.75) is 59.9 Å². The van der Waals surface area contributed by atoms with E-state index in [1.807, 2.05) is 0 Å². The van der Waals surface area contributed by atoms with E-state index in [1.54, 1.807) is 0 Å². The van der Waals surface area contributed by atoms with Crippen LogP contribution < -0.4 is 5.32 Å². The lowest BCUT2D eigenvalue weighted by Crippen LogP contribution is -2.35. The smallest absolute Gasteiger partial charge is 0.0374 e. The molecule has 0 aromatic heterocycles. The molecule has 0 heterocycles. The minimum absolute atomic E-state index is 0.479. The normalized spacial score (nSPS) is 26.9. The van der Waals surface area contributed by atoms with Gasteiger partial charge in [0.15, 0.2) is 0 Å². The van der Waals surface area contributed by atoms with E-state index in [1.165, 1.54) is 36.1 Å². The number of rotatable bonds is 2. The monoisotopic (exact) mass is 245 g/mol. The Hall–Kier alpha value is -0.980. The second-order valence-electron chi connectivity index (χ2n) is 7.00. The van der Waals surface area contributed by atoms with E-state index in [9.17, 15) is 0 Å². The fourth-order valence-electron chi connectivity index (χ4n) is 3.58. The summed E-state index contributed by atoms with van der Waals surface area (Å²) in [4.78, 5) is 0. The lowest BCUT2D eigenvalue weighted by Gasteiger charge is -2.40. The van der Waals surface area contributed by atoms with Gasteiger partial charge in [-0.1, -0.05) is 32.9 Å². The number of nitrogens with one attached hydrogen (secondary N) is 1. The van der Waals surface area contributed by atoms with Crippen LogP contribution in [-0.4, -0.2) is 6.04 Å². The van der Waals surface area contributed by atoms with Gasteiger partial charge in [0.05, 0.1) is 0 Å². The van der Waals surface area contributed by atoms with Crippen molar-refractivity contribution < 1.29 is 0 Å². The van der Waals surface area contributed by atoms with Gasteiger partial charge in [0.25, 0.3) is 0 Å². The van der Waals surface area contributed by atoms with Gasteiger partial charge in [-0.2, -0.15) is 0 Å². The molecule has 2 rings (SSSR count). The molecule has 0 spiro atoms. The summed E-state index contributed by atoms with van der Waals surface area (Å²) in [6, 6.07) is 7.19. The molecule has 1 nitrogen and oxygen atoms in total. The van der Waals surface area contributed by atoms with Gasteiger partial charge in [0, 0.05) is 11.7 Å². The molecule has 1 aromatic carbocycles. The molecule has 0 aliphatic heterocycles. The largest absolute Gasteiger partial charge is 0.382 e. The van der Waals surface area contributed by atoms with Crippen LogP contribution in [-0.2, 0) is 0 Å². The van der Waals surface area contributed by atoms with Crippen LogP contribution in [0.3, 0.4) is 0 Å². The highest BCUT2D eigenvalue weighted by molar-refractivity contribution is 5.54. The van der Waals surface area contributed by atoms with Crippen molar-refractivity contribution in [3.05, 3.63) is 29.3 Å². The van der Waals surface area contributed by atoms with E-state index < -0.39 is 0 Å². The van der Waals surface area contributed by atoms with Crippen LogP contribution in [0.15, 0.2) is 18.2 Å². The molecule has 0 bridgehead atoms. The maximum Gasteiger partial charge on any atom is 0.0374 e. The van der Waals surface area contributed by atoms with Gasteiger partial charge in [-0.3, -0.25) is 0 Å². The first-order chi connectivity index (χ1) is 8.37. The van der Waals surface area contributed by atoms with Crippen molar-refractivity contribution in [1.82, 2.24) is 0 Å².